The van der Waals surface area contributed by atoms with Crippen molar-refractivity contribution in [2.24, 2.45) is 0 Å². The fourth-order valence-electron chi connectivity index (χ4n) is 3.93. The molecule has 2 rings (SSSR count). The zero-order valence-corrected chi connectivity index (χ0v) is 22.0. The molecule has 0 aliphatic carbocycles. The highest BCUT2D eigenvalue weighted by Crippen LogP contribution is 2.33. The Hall–Kier alpha value is -2.29. The summed E-state index contributed by atoms with van der Waals surface area (Å²) in [4.78, 5) is 24.9. The van der Waals surface area contributed by atoms with Crippen LogP contribution in [0.3, 0.4) is 0 Å². The quantitative estimate of drug-likeness (QED) is 0.116. The molecule has 0 spiro atoms. The minimum atomic E-state index is -0.441. The van der Waals surface area contributed by atoms with Gasteiger partial charge >= 0.3 is 5.69 Å². The van der Waals surface area contributed by atoms with Crippen LogP contribution in [0, 0.1) is 24.0 Å². The molecule has 34 heavy (non-hydrogen) atoms. The zero-order valence-electron chi connectivity index (χ0n) is 21.2. The van der Waals surface area contributed by atoms with Gasteiger partial charge in [0.05, 0.1) is 10.6 Å². The molecule has 0 aromatic carbocycles. The van der Waals surface area contributed by atoms with Gasteiger partial charge in [0.2, 0.25) is 11.6 Å². The van der Waals surface area contributed by atoms with E-state index in [1.165, 1.54) is 94.7 Å². The third kappa shape index (κ3) is 10.3. The normalized spacial score (nSPS) is 11.0. The van der Waals surface area contributed by atoms with Gasteiger partial charge in [-0.3, -0.25) is 10.1 Å². The summed E-state index contributed by atoms with van der Waals surface area (Å²) < 4.78 is 0. The van der Waals surface area contributed by atoms with Crippen LogP contribution in [-0.2, 0) is 0 Å². The highest BCUT2D eigenvalue weighted by atomic mass is 32.1. The van der Waals surface area contributed by atoms with Gasteiger partial charge in [0, 0.05) is 11.4 Å². The molecule has 8 nitrogen and oxygen atoms in total. The number of hydrogen-bond donors (Lipinski definition) is 2. The molecule has 0 atom stereocenters. The summed E-state index contributed by atoms with van der Waals surface area (Å²) in [6.45, 7) is 6.80. The van der Waals surface area contributed by atoms with Crippen molar-refractivity contribution in [3.05, 3.63) is 27.0 Å². The molecule has 0 saturated heterocycles. The van der Waals surface area contributed by atoms with Crippen molar-refractivity contribution in [1.29, 1.82) is 0 Å². The maximum Gasteiger partial charge on any atom is 0.353 e. The summed E-state index contributed by atoms with van der Waals surface area (Å²) in [5.74, 6) is 0.416. The van der Waals surface area contributed by atoms with E-state index in [1.807, 2.05) is 13.8 Å². The van der Waals surface area contributed by atoms with E-state index in [-0.39, 0.29) is 17.3 Å². The standard InChI is InChI=1S/C25H42N6O2S/c1-4-5-6-7-8-9-10-11-12-13-14-15-16-17-18-26-23-22(31(32)33)24(28-19-27-23)30-25-29-20(2)21(3)34-25/h19H,4-18H2,1-3H3,(H2,26,27,28,29,30). The SMILES string of the molecule is CCCCCCCCCCCCCCCCNc1ncnc(Nc2nc(C)c(C)s2)c1[N+](=O)[O-]. The van der Waals surface area contributed by atoms with E-state index in [1.54, 1.807) is 0 Å². The third-order valence-corrected chi connectivity index (χ3v) is 7.07. The average molecular weight is 491 g/mol. The van der Waals surface area contributed by atoms with Crippen LogP contribution >= 0.6 is 11.3 Å². The first kappa shape index (κ1) is 28.0. The van der Waals surface area contributed by atoms with Crippen molar-refractivity contribution < 1.29 is 4.92 Å². The van der Waals surface area contributed by atoms with Crippen molar-refractivity contribution in [2.45, 2.75) is 111 Å². The number of thiazole rings is 1. The molecule has 2 aromatic rings. The molecule has 0 unspecified atom stereocenters. The number of anilines is 3. The summed E-state index contributed by atoms with van der Waals surface area (Å²) in [7, 11) is 0. The molecule has 0 bridgehead atoms. The Balaban J connectivity index is 1.61. The predicted octanol–water partition coefficient (Wildman–Crippen LogP) is 8.09. The van der Waals surface area contributed by atoms with Crippen LogP contribution < -0.4 is 10.6 Å². The molecule has 2 heterocycles. The van der Waals surface area contributed by atoms with E-state index in [4.69, 9.17) is 0 Å². The van der Waals surface area contributed by atoms with E-state index >= 15 is 0 Å². The average Bonchev–Trinajstić information content (AvgIpc) is 3.12. The Morgan fingerprint density at radius 2 is 1.38 bits per heavy atom. The Morgan fingerprint density at radius 1 is 0.853 bits per heavy atom. The fraction of sp³-hybridized carbons (Fsp3) is 0.720. The number of nitrogens with zero attached hydrogens (tertiary/aromatic N) is 4. The number of rotatable bonds is 19. The number of nitro groups is 1. The van der Waals surface area contributed by atoms with Gasteiger partial charge in [-0.15, -0.1) is 11.3 Å². The largest absolute Gasteiger partial charge is 0.364 e. The smallest absolute Gasteiger partial charge is 0.353 e. The zero-order chi connectivity index (χ0) is 24.6. The van der Waals surface area contributed by atoms with Crippen LogP contribution in [0.5, 0.6) is 0 Å². The van der Waals surface area contributed by atoms with Crippen LogP contribution in [0.1, 0.15) is 107 Å². The number of unbranched alkanes of at least 4 members (excludes halogenated alkanes) is 13. The van der Waals surface area contributed by atoms with Crippen molar-refractivity contribution in [1.82, 2.24) is 15.0 Å². The maximum absolute atomic E-state index is 11.7. The van der Waals surface area contributed by atoms with Gasteiger partial charge in [0.25, 0.3) is 0 Å². The van der Waals surface area contributed by atoms with E-state index in [0.717, 1.165) is 23.4 Å². The lowest BCUT2D eigenvalue weighted by molar-refractivity contribution is -0.383. The number of aromatic nitrogens is 3. The summed E-state index contributed by atoms with van der Waals surface area (Å²) >= 11 is 1.45. The minimum Gasteiger partial charge on any atom is -0.364 e. The van der Waals surface area contributed by atoms with E-state index < -0.39 is 4.92 Å². The molecule has 0 amide bonds. The van der Waals surface area contributed by atoms with Gasteiger partial charge in [-0.1, -0.05) is 90.4 Å². The molecule has 0 fully saturated rings. The van der Waals surface area contributed by atoms with E-state index in [9.17, 15) is 10.1 Å². The first-order chi connectivity index (χ1) is 16.5. The van der Waals surface area contributed by atoms with Crippen molar-refractivity contribution >= 4 is 33.8 Å². The second kappa shape index (κ2) is 16.4. The van der Waals surface area contributed by atoms with Gasteiger partial charge in [-0.05, 0) is 20.3 Å². The second-order valence-electron chi connectivity index (χ2n) is 8.99. The molecular formula is C25H42N6O2S. The monoisotopic (exact) mass is 490 g/mol. The van der Waals surface area contributed by atoms with Gasteiger partial charge < -0.3 is 10.6 Å². The van der Waals surface area contributed by atoms with Crippen LogP contribution in [0.4, 0.5) is 22.5 Å². The topological polar surface area (TPSA) is 106 Å². The number of hydrogen-bond acceptors (Lipinski definition) is 8. The third-order valence-electron chi connectivity index (χ3n) is 6.08. The minimum absolute atomic E-state index is 0.140. The first-order valence-electron chi connectivity index (χ1n) is 13.0. The Morgan fingerprint density at radius 3 is 1.88 bits per heavy atom. The Labute approximate surface area is 208 Å². The van der Waals surface area contributed by atoms with Crippen LogP contribution in [0.2, 0.25) is 0 Å². The number of nitrogens with one attached hydrogen (secondary N) is 2. The van der Waals surface area contributed by atoms with Gasteiger partial charge in [0.15, 0.2) is 5.13 Å². The molecule has 0 aliphatic heterocycles. The highest BCUT2D eigenvalue weighted by Gasteiger charge is 2.23. The Kier molecular flexibility index (Phi) is 13.4. The lowest BCUT2D eigenvalue weighted by Crippen LogP contribution is -2.09. The Bertz CT molecular complexity index is 838. The fourth-order valence-corrected chi connectivity index (χ4v) is 4.74. The second-order valence-corrected chi connectivity index (χ2v) is 10.2. The van der Waals surface area contributed by atoms with Gasteiger partial charge in [-0.2, -0.15) is 0 Å². The molecule has 190 valence electrons. The molecule has 0 saturated carbocycles. The van der Waals surface area contributed by atoms with Crippen molar-refractivity contribution in [3.63, 3.8) is 0 Å². The summed E-state index contributed by atoms with van der Waals surface area (Å²) in [5, 5.41) is 18.4. The van der Waals surface area contributed by atoms with E-state index in [2.05, 4.69) is 32.5 Å². The highest BCUT2D eigenvalue weighted by molar-refractivity contribution is 7.15. The van der Waals surface area contributed by atoms with Crippen LogP contribution in [0.15, 0.2) is 6.33 Å². The summed E-state index contributed by atoms with van der Waals surface area (Å²) in [5.41, 5.74) is 0.763. The lowest BCUT2D eigenvalue weighted by atomic mass is 10.0. The van der Waals surface area contributed by atoms with Crippen molar-refractivity contribution in [3.8, 4) is 0 Å². The maximum atomic E-state index is 11.7. The first-order valence-corrected chi connectivity index (χ1v) is 13.8. The van der Waals surface area contributed by atoms with Crippen LogP contribution in [0.25, 0.3) is 0 Å². The molecule has 2 N–H and O–H groups in total. The lowest BCUT2D eigenvalue weighted by Gasteiger charge is -2.09. The summed E-state index contributed by atoms with van der Waals surface area (Å²) in [6.07, 6.45) is 19.6. The van der Waals surface area contributed by atoms with Crippen LogP contribution in [-0.4, -0.2) is 26.4 Å². The van der Waals surface area contributed by atoms with Gasteiger partial charge in [-0.25, -0.2) is 15.0 Å². The molecule has 9 heteroatoms. The van der Waals surface area contributed by atoms with Crippen molar-refractivity contribution in [2.75, 3.05) is 17.2 Å². The number of aryl methyl sites for hydroxylation is 2. The molecule has 2 aromatic heterocycles. The van der Waals surface area contributed by atoms with Gasteiger partial charge in [0.1, 0.15) is 6.33 Å². The predicted molar refractivity (Wildman–Crippen MR) is 142 cm³/mol. The molecule has 0 radical (unpaired) electrons. The van der Waals surface area contributed by atoms with E-state index in [0.29, 0.717) is 11.7 Å². The molecule has 0 aliphatic rings. The molecular weight excluding hydrogens is 448 g/mol. The summed E-state index contributed by atoms with van der Waals surface area (Å²) in [6, 6.07) is 0.